The molecule has 0 unspecified atom stereocenters. The monoisotopic (exact) mass is 456 g/mol. The number of ether oxygens (including phenoxy) is 1. The molecule has 4 aliphatic carbocycles. The topological polar surface area (TPSA) is 26.3 Å². The Bertz CT molecular complexity index is 793. The van der Waals surface area contributed by atoms with Crippen LogP contribution in [0.2, 0.25) is 0 Å². The average Bonchev–Trinajstić information content (AvgIpc) is 3.03. The van der Waals surface area contributed by atoms with Gasteiger partial charge in [-0.15, -0.1) is 0 Å². The van der Waals surface area contributed by atoms with Gasteiger partial charge in [-0.25, -0.2) is 0 Å². The van der Waals surface area contributed by atoms with Crippen LogP contribution < -0.4 is 0 Å². The van der Waals surface area contributed by atoms with Crippen molar-refractivity contribution in [2.45, 2.75) is 119 Å². The SMILES string of the molecule is CO[C@H]1CC[C@]2(C)C3=CC[C@]4(C)[C@@H]([C@H](C)CCC(=O)C(C)C)CC[C@@]4(C)[C@@H]3CC[C@H]2C1(C)C. The van der Waals surface area contributed by atoms with Gasteiger partial charge in [-0.3, -0.25) is 4.79 Å². The largest absolute Gasteiger partial charge is 0.381 e. The molecule has 4 aliphatic rings. The Labute approximate surface area is 204 Å². The Hall–Kier alpha value is -0.630. The number of hydrogen-bond acceptors (Lipinski definition) is 2. The zero-order valence-corrected chi connectivity index (χ0v) is 23.2. The summed E-state index contributed by atoms with van der Waals surface area (Å²) in [6, 6.07) is 0. The highest BCUT2D eigenvalue weighted by Crippen LogP contribution is 2.73. The van der Waals surface area contributed by atoms with Crippen molar-refractivity contribution in [3.63, 3.8) is 0 Å². The summed E-state index contributed by atoms with van der Waals surface area (Å²) in [4.78, 5) is 12.3. The molecule has 0 aromatic rings. The third kappa shape index (κ3) is 3.63. The van der Waals surface area contributed by atoms with Gasteiger partial charge >= 0.3 is 0 Å². The molecule has 0 heterocycles. The first-order chi connectivity index (χ1) is 15.3. The van der Waals surface area contributed by atoms with Crippen LogP contribution in [0.4, 0.5) is 0 Å². The molecule has 0 saturated heterocycles. The number of hydrogen-bond donors (Lipinski definition) is 0. The van der Waals surface area contributed by atoms with Crippen molar-refractivity contribution in [3.05, 3.63) is 11.6 Å². The van der Waals surface area contributed by atoms with Crippen molar-refractivity contribution < 1.29 is 9.53 Å². The van der Waals surface area contributed by atoms with E-state index in [0.717, 1.165) is 30.6 Å². The Morgan fingerprint density at radius 2 is 1.70 bits per heavy atom. The van der Waals surface area contributed by atoms with Crippen molar-refractivity contribution in [3.8, 4) is 0 Å². The molecule has 3 fully saturated rings. The number of fused-ring (bicyclic) bond motifs is 5. The summed E-state index contributed by atoms with van der Waals surface area (Å²) in [5.41, 5.74) is 3.16. The second kappa shape index (κ2) is 8.49. The summed E-state index contributed by atoms with van der Waals surface area (Å²) in [5.74, 6) is 3.46. The third-order valence-electron chi connectivity index (χ3n) is 12.3. The van der Waals surface area contributed by atoms with Gasteiger partial charge in [-0.2, -0.15) is 0 Å². The molecule has 2 heteroatoms. The summed E-state index contributed by atoms with van der Waals surface area (Å²) in [6.45, 7) is 19.4. The Balaban J connectivity index is 1.60. The van der Waals surface area contributed by atoms with Crippen LogP contribution in [0.5, 0.6) is 0 Å². The molecule has 0 aromatic heterocycles. The fourth-order valence-electron chi connectivity index (χ4n) is 9.94. The van der Waals surface area contributed by atoms with Gasteiger partial charge in [0.1, 0.15) is 5.78 Å². The lowest BCUT2D eigenvalue weighted by Crippen LogP contribution is -2.58. The molecule has 0 radical (unpaired) electrons. The summed E-state index contributed by atoms with van der Waals surface area (Å²) in [5, 5.41) is 0. The van der Waals surface area contributed by atoms with Crippen molar-refractivity contribution in [1.29, 1.82) is 0 Å². The molecule has 33 heavy (non-hydrogen) atoms. The molecule has 188 valence electrons. The maximum absolute atomic E-state index is 12.3. The van der Waals surface area contributed by atoms with Gasteiger partial charge in [-0.1, -0.05) is 67.0 Å². The van der Waals surface area contributed by atoms with E-state index < -0.39 is 0 Å². The number of Topliss-reactive ketones (excluding diaryl/α,β-unsaturated/α-hetero) is 1. The predicted molar refractivity (Wildman–Crippen MR) is 138 cm³/mol. The van der Waals surface area contributed by atoms with Crippen LogP contribution in [0.25, 0.3) is 0 Å². The minimum atomic E-state index is 0.176. The second-order valence-corrected chi connectivity index (χ2v) is 14.2. The number of rotatable bonds is 6. The van der Waals surface area contributed by atoms with Crippen molar-refractivity contribution in [2.24, 2.45) is 51.2 Å². The van der Waals surface area contributed by atoms with Crippen molar-refractivity contribution in [1.82, 2.24) is 0 Å². The first kappa shape index (κ1) is 25.5. The minimum Gasteiger partial charge on any atom is -0.381 e. The Morgan fingerprint density at radius 1 is 1.00 bits per heavy atom. The molecule has 0 N–H and O–H groups in total. The molecule has 0 bridgehead atoms. The van der Waals surface area contributed by atoms with Gasteiger partial charge in [0.05, 0.1) is 6.10 Å². The normalized spacial score (nSPS) is 45.1. The van der Waals surface area contributed by atoms with Gasteiger partial charge in [0.2, 0.25) is 0 Å². The highest BCUT2D eigenvalue weighted by molar-refractivity contribution is 5.80. The summed E-state index contributed by atoms with van der Waals surface area (Å²) >= 11 is 0. The zero-order valence-electron chi connectivity index (χ0n) is 23.2. The van der Waals surface area contributed by atoms with Gasteiger partial charge in [0.25, 0.3) is 0 Å². The number of carbonyl (C=O) groups is 1. The van der Waals surface area contributed by atoms with E-state index in [0.29, 0.717) is 34.1 Å². The smallest absolute Gasteiger partial charge is 0.135 e. The fraction of sp³-hybridized carbons (Fsp3) is 0.903. The number of carbonyl (C=O) groups excluding carboxylic acids is 1. The molecule has 3 saturated carbocycles. The number of methoxy groups -OCH3 is 1. The standard InChI is InChI=1S/C31H52O2/c1-20(2)25(32)12-10-21(3)22-14-18-31(8)24-11-13-26-28(4,5)27(33-9)16-17-29(26,6)23(24)15-19-30(22,31)7/h15,20-22,24,26-27H,10-14,16-19H2,1-9H3/t21-,22-,24-,26+,27+,29-,30-,31+/m1/s1. The highest BCUT2D eigenvalue weighted by atomic mass is 16.5. The van der Waals surface area contributed by atoms with Crippen molar-refractivity contribution >= 4 is 5.78 Å². The van der Waals surface area contributed by atoms with Crippen molar-refractivity contribution in [2.75, 3.05) is 7.11 Å². The zero-order chi connectivity index (χ0) is 24.4. The van der Waals surface area contributed by atoms with Crippen LogP contribution in [-0.2, 0) is 9.53 Å². The predicted octanol–water partition coefficient (Wildman–Crippen LogP) is 8.25. The lowest BCUT2D eigenvalue weighted by Gasteiger charge is -2.64. The van der Waals surface area contributed by atoms with E-state index in [9.17, 15) is 4.79 Å². The lowest BCUT2D eigenvalue weighted by molar-refractivity contribution is -0.130. The van der Waals surface area contributed by atoms with E-state index in [1.54, 1.807) is 0 Å². The highest BCUT2D eigenvalue weighted by Gasteiger charge is 2.65. The number of allylic oxidation sites excluding steroid dienone is 2. The molecule has 0 aliphatic heterocycles. The molecule has 0 amide bonds. The number of ketones is 1. The molecule has 2 nitrogen and oxygen atoms in total. The quantitative estimate of drug-likeness (QED) is 0.376. The van der Waals surface area contributed by atoms with Crippen LogP contribution in [0, 0.1) is 51.2 Å². The summed E-state index contributed by atoms with van der Waals surface area (Å²) in [6.07, 6.45) is 14.1. The van der Waals surface area contributed by atoms with E-state index in [4.69, 9.17) is 4.74 Å². The average molecular weight is 457 g/mol. The molecule has 0 aromatic carbocycles. The maximum Gasteiger partial charge on any atom is 0.135 e. The van der Waals surface area contributed by atoms with Crippen LogP contribution >= 0.6 is 0 Å². The van der Waals surface area contributed by atoms with Gasteiger partial charge < -0.3 is 4.74 Å². The summed E-state index contributed by atoms with van der Waals surface area (Å²) < 4.78 is 5.99. The second-order valence-electron chi connectivity index (χ2n) is 14.2. The van der Waals surface area contributed by atoms with E-state index in [2.05, 4.69) is 47.6 Å². The molecular formula is C31H52O2. The first-order valence-corrected chi connectivity index (χ1v) is 14.1. The van der Waals surface area contributed by atoms with Crippen LogP contribution in [0.3, 0.4) is 0 Å². The summed E-state index contributed by atoms with van der Waals surface area (Å²) in [7, 11) is 1.92. The third-order valence-corrected chi connectivity index (χ3v) is 12.3. The van der Waals surface area contributed by atoms with E-state index in [1.807, 2.05) is 26.5 Å². The van der Waals surface area contributed by atoms with E-state index in [1.165, 1.54) is 44.9 Å². The minimum absolute atomic E-state index is 0.176. The lowest BCUT2D eigenvalue weighted by atomic mass is 9.41. The molecule has 8 atom stereocenters. The van der Waals surface area contributed by atoms with Gasteiger partial charge in [0, 0.05) is 19.4 Å². The van der Waals surface area contributed by atoms with Gasteiger partial charge in [-0.05, 0) is 96.7 Å². The molecule has 4 rings (SSSR count). The van der Waals surface area contributed by atoms with Crippen LogP contribution in [-0.4, -0.2) is 19.0 Å². The fourth-order valence-corrected chi connectivity index (χ4v) is 9.94. The maximum atomic E-state index is 12.3. The molecule has 0 spiro atoms. The Kier molecular flexibility index (Phi) is 6.55. The Morgan fingerprint density at radius 3 is 2.33 bits per heavy atom. The first-order valence-electron chi connectivity index (χ1n) is 14.1. The van der Waals surface area contributed by atoms with E-state index in [-0.39, 0.29) is 11.3 Å². The van der Waals surface area contributed by atoms with Crippen LogP contribution in [0.1, 0.15) is 113 Å². The van der Waals surface area contributed by atoms with E-state index >= 15 is 0 Å². The van der Waals surface area contributed by atoms with Gasteiger partial charge in [0.15, 0.2) is 0 Å². The molecular weight excluding hydrogens is 404 g/mol. The van der Waals surface area contributed by atoms with Crippen LogP contribution in [0.15, 0.2) is 11.6 Å².